The number of hydrogen-bond acceptors (Lipinski definition) is 6. The summed E-state index contributed by atoms with van der Waals surface area (Å²) in [4.78, 5) is 22.1. The maximum absolute atomic E-state index is 13.8. The Labute approximate surface area is 232 Å². The van der Waals surface area contributed by atoms with E-state index < -0.39 is 17.8 Å². The number of thiophene rings is 1. The lowest BCUT2D eigenvalue weighted by atomic mass is 9.98. The molecule has 2 unspecified atom stereocenters. The zero-order chi connectivity index (χ0) is 28.6. The van der Waals surface area contributed by atoms with Crippen molar-refractivity contribution in [2.45, 2.75) is 45.6 Å². The maximum Gasteiger partial charge on any atom is 0.432 e. The van der Waals surface area contributed by atoms with Crippen LogP contribution in [0.4, 0.5) is 18.9 Å². The summed E-state index contributed by atoms with van der Waals surface area (Å²) in [5.41, 5.74) is 1.12. The number of likely N-dealkylation sites (N-methyl/N-ethyl adjacent to an activating group) is 1. The second-order valence-corrected chi connectivity index (χ2v) is 10.5. The van der Waals surface area contributed by atoms with Gasteiger partial charge < -0.3 is 19.9 Å². The molecule has 0 bridgehead atoms. The van der Waals surface area contributed by atoms with Crippen molar-refractivity contribution in [1.29, 1.82) is 0 Å². The third-order valence-electron chi connectivity index (χ3n) is 6.77. The minimum Gasteiger partial charge on any atom is -0.375 e. The summed E-state index contributed by atoms with van der Waals surface area (Å²) in [5.74, 6) is -0.442. The highest BCUT2D eigenvalue weighted by molar-refractivity contribution is 7.10. The van der Waals surface area contributed by atoms with Crippen LogP contribution in [0.2, 0.25) is 0 Å². The Hall–Kier alpha value is -2.95. The quantitative estimate of drug-likeness (QED) is 0.307. The third-order valence-corrected chi connectivity index (χ3v) is 7.73. The molecule has 0 spiro atoms. The van der Waals surface area contributed by atoms with Gasteiger partial charge in [0.1, 0.15) is 5.70 Å². The van der Waals surface area contributed by atoms with Gasteiger partial charge in [0.2, 0.25) is 0 Å². The number of allylic oxidation sites excluding steroid dienone is 2. The van der Waals surface area contributed by atoms with E-state index in [1.807, 2.05) is 68.6 Å². The van der Waals surface area contributed by atoms with Crippen LogP contribution in [0.1, 0.15) is 43.2 Å². The Morgan fingerprint density at radius 2 is 2.05 bits per heavy atom. The van der Waals surface area contributed by atoms with E-state index in [1.54, 1.807) is 16.2 Å². The number of alkyl halides is 3. The van der Waals surface area contributed by atoms with Crippen LogP contribution in [-0.2, 0) is 16.1 Å². The van der Waals surface area contributed by atoms with Crippen LogP contribution in [0.15, 0.2) is 70.3 Å². The van der Waals surface area contributed by atoms with Crippen molar-refractivity contribution in [2.24, 2.45) is 10.9 Å². The summed E-state index contributed by atoms with van der Waals surface area (Å²) >= 11 is 1.65. The van der Waals surface area contributed by atoms with E-state index in [4.69, 9.17) is 4.74 Å². The van der Waals surface area contributed by atoms with Crippen molar-refractivity contribution in [3.8, 4) is 0 Å². The molecule has 0 saturated carbocycles. The largest absolute Gasteiger partial charge is 0.432 e. The van der Waals surface area contributed by atoms with Crippen molar-refractivity contribution in [2.75, 3.05) is 38.6 Å². The van der Waals surface area contributed by atoms with Gasteiger partial charge in [0.15, 0.2) is 0 Å². The van der Waals surface area contributed by atoms with Gasteiger partial charge in [0.05, 0.1) is 18.3 Å². The average molecular weight is 563 g/mol. The van der Waals surface area contributed by atoms with Gasteiger partial charge in [-0.1, -0.05) is 38.6 Å². The summed E-state index contributed by atoms with van der Waals surface area (Å²) in [6.45, 7) is 9.03. The number of benzene rings is 1. The molecule has 0 radical (unpaired) electrons. The van der Waals surface area contributed by atoms with Crippen LogP contribution in [0.3, 0.4) is 0 Å². The molecule has 212 valence electrons. The summed E-state index contributed by atoms with van der Waals surface area (Å²) in [6, 6.07) is 11.6. The zero-order valence-corrected chi connectivity index (χ0v) is 23.7. The first-order valence-corrected chi connectivity index (χ1v) is 13.9. The predicted octanol–water partition coefficient (Wildman–Crippen LogP) is 6.34. The highest BCUT2D eigenvalue weighted by Crippen LogP contribution is 2.31. The highest BCUT2D eigenvalue weighted by atomic mass is 32.1. The van der Waals surface area contributed by atoms with Crippen molar-refractivity contribution < 1.29 is 22.7 Å². The molecule has 6 nitrogen and oxygen atoms in total. The number of nitrogens with zero attached hydrogens (tertiary/aromatic N) is 3. The Morgan fingerprint density at radius 1 is 1.28 bits per heavy atom. The van der Waals surface area contributed by atoms with Crippen LogP contribution in [0, 0.1) is 5.92 Å². The molecule has 0 saturated heterocycles. The lowest BCUT2D eigenvalue weighted by Gasteiger charge is -2.26. The first kappa shape index (κ1) is 30.6. The van der Waals surface area contributed by atoms with Crippen LogP contribution in [0.5, 0.6) is 0 Å². The van der Waals surface area contributed by atoms with E-state index in [0.29, 0.717) is 31.1 Å². The molecular weight excluding hydrogens is 525 g/mol. The number of anilines is 1. The van der Waals surface area contributed by atoms with Crippen molar-refractivity contribution in [3.05, 3.63) is 75.8 Å². The first-order chi connectivity index (χ1) is 18.6. The Kier molecular flexibility index (Phi) is 10.9. The number of carbonyl (C=O) groups excluding carboxylic acids is 1. The summed E-state index contributed by atoms with van der Waals surface area (Å²) in [5, 5.41) is 5.19. The predicted molar refractivity (Wildman–Crippen MR) is 152 cm³/mol. The van der Waals surface area contributed by atoms with Crippen LogP contribution in [-0.4, -0.2) is 56.9 Å². The van der Waals surface area contributed by atoms with Gasteiger partial charge in [-0.15, -0.1) is 11.3 Å². The van der Waals surface area contributed by atoms with Crippen LogP contribution < -0.4 is 10.2 Å². The number of nitrogens with one attached hydrogen (secondary N) is 1. The molecule has 3 rings (SSSR count). The normalized spacial score (nSPS) is 16.6. The fourth-order valence-electron chi connectivity index (χ4n) is 4.42. The van der Waals surface area contributed by atoms with Gasteiger partial charge in [0.25, 0.3) is 5.91 Å². The molecule has 1 N–H and O–H groups in total. The van der Waals surface area contributed by atoms with E-state index in [1.165, 1.54) is 0 Å². The van der Waals surface area contributed by atoms with E-state index in [0.717, 1.165) is 36.0 Å². The van der Waals surface area contributed by atoms with E-state index >= 15 is 0 Å². The van der Waals surface area contributed by atoms with Crippen molar-refractivity contribution in [3.63, 3.8) is 0 Å². The monoisotopic (exact) mass is 562 g/mol. The number of halogens is 3. The third kappa shape index (κ3) is 8.03. The first-order valence-electron chi connectivity index (χ1n) is 13.0. The van der Waals surface area contributed by atoms with Gasteiger partial charge in [-0.05, 0) is 61.5 Å². The molecule has 2 atom stereocenters. The fraction of sp³-hybridized carbons (Fsp3) is 0.448. The number of amides is 1. The van der Waals surface area contributed by atoms with Crippen molar-refractivity contribution in [1.82, 2.24) is 10.2 Å². The number of hydrogen-bond donors (Lipinski definition) is 1. The lowest BCUT2D eigenvalue weighted by molar-refractivity contribution is -0.114. The molecule has 2 aromatic rings. The SMILES string of the molecule is C=C(N=CC1=C(C(C)CC)N(C)CCN(c2cccc(COC(CCNC)c3cccs3)c2)C1=O)C(F)(F)F. The maximum atomic E-state index is 13.8. The van der Waals surface area contributed by atoms with Gasteiger partial charge in [-0.2, -0.15) is 13.2 Å². The standard InChI is InChI=1S/C29H37F3N4O2S/c1-6-20(2)27-24(18-34-21(3)29(30,31)32)28(37)36(15-14-35(27)5)23-10-7-9-22(17-23)19-38-25(12-13-33-4)26-11-8-16-39-26/h7-11,16-18,20,25,33H,3,6,12-15,19H2,1-2,4-5H3. The Bertz CT molecular complexity index is 1180. The Morgan fingerprint density at radius 3 is 2.69 bits per heavy atom. The van der Waals surface area contributed by atoms with Crippen molar-refractivity contribution >= 4 is 29.1 Å². The molecule has 1 aliphatic rings. The molecule has 1 amide bonds. The van der Waals surface area contributed by atoms with E-state index in [-0.39, 0.29) is 17.6 Å². The molecule has 0 aliphatic carbocycles. The second kappa shape index (κ2) is 13.9. The number of rotatable bonds is 12. The number of ether oxygens (including phenoxy) is 1. The topological polar surface area (TPSA) is 57.2 Å². The van der Waals surface area contributed by atoms with Gasteiger partial charge in [-0.25, -0.2) is 0 Å². The summed E-state index contributed by atoms with van der Waals surface area (Å²) in [7, 11) is 3.76. The molecule has 1 aliphatic heterocycles. The second-order valence-electron chi connectivity index (χ2n) is 9.57. The van der Waals surface area contributed by atoms with Gasteiger partial charge in [-0.3, -0.25) is 9.79 Å². The smallest absolute Gasteiger partial charge is 0.375 e. The van der Waals surface area contributed by atoms with Crippen LogP contribution >= 0.6 is 11.3 Å². The minimum atomic E-state index is -4.67. The molecule has 39 heavy (non-hydrogen) atoms. The molecule has 2 heterocycles. The van der Waals surface area contributed by atoms with E-state index in [9.17, 15) is 18.0 Å². The van der Waals surface area contributed by atoms with Gasteiger partial charge in [0, 0.05) is 42.6 Å². The average Bonchev–Trinajstić information content (AvgIpc) is 3.41. The molecular formula is C29H37F3N4O2S. The summed E-state index contributed by atoms with van der Waals surface area (Å²) in [6.07, 6.45) is -2.16. The highest BCUT2D eigenvalue weighted by Gasteiger charge is 2.33. The molecule has 0 fully saturated rings. The summed E-state index contributed by atoms with van der Waals surface area (Å²) < 4.78 is 45.6. The van der Waals surface area contributed by atoms with Crippen LogP contribution in [0.25, 0.3) is 0 Å². The van der Waals surface area contributed by atoms with Gasteiger partial charge >= 0.3 is 6.18 Å². The minimum absolute atomic E-state index is 0.0500. The number of carbonyl (C=O) groups is 1. The molecule has 1 aromatic carbocycles. The lowest BCUT2D eigenvalue weighted by Crippen LogP contribution is -2.34. The molecule has 1 aromatic heterocycles. The number of aliphatic imine (C=N–C) groups is 1. The molecule has 10 heteroatoms. The van der Waals surface area contributed by atoms with E-state index in [2.05, 4.69) is 23.0 Å². The Balaban J connectivity index is 1.89. The zero-order valence-electron chi connectivity index (χ0n) is 22.9. The fourth-order valence-corrected chi connectivity index (χ4v) is 5.23.